The quantitative estimate of drug-likeness (QED) is 0.823. The van der Waals surface area contributed by atoms with Gasteiger partial charge in [0.25, 0.3) is 0 Å². The Kier molecular flexibility index (Phi) is 4.25. The smallest absolute Gasteiger partial charge is 0.321 e. The van der Waals surface area contributed by atoms with Crippen molar-refractivity contribution in [3.63, 3.8) is 0 Å². The number of benzene rings is 1. The fraction of sp³-hybridized carbons (Fsp3) is 0.364. The Hall–Kier alpha value is -1.62. The largest absolute Gasteiger partial charge is 0.392 e. The van der Waals surface area contributed by atoms with Crippen LogP contribution in [0.15, 0.2) is 24.3 Å². The van der Waals surface area contributed by atoms with Gasteiger partial charge in [-0.25, -0.2) is 9.18 Å². The van der Waals surface area contributed by atoms with Crippen LogP contribution in [0.4, 0.5) is 14.9 Å². The number of nitrogens with zero attached hydrogens (tertiary/aromatic N) is 1. The summed E-state index contributed by atoms with van der Waals surface area (Å²) in [5.41, 5.74) is 0.517. The van der Waals surface area contributed by atoms with Gasteiger partial charge in [-0.2, -0.15) is 0 Å². The van der Waals surface area contributed by atoms with Crippen LogP contribution in [0.25, 0.3) is 0 Å². The third-order valence-corrected chi connectivity index (χ3v) is 1.98. The molecular formula is C11H15FN2O2. The van der Waals surface area contributed by atoms with Crippen molar-refractivity contribution >= 4 is 11.7 Å². The average Bonchev–Trinajstić information content (AvgIpc) is 2.20. The van der Waals surface area contributed by atoms with Gasteiger partial charge in [0.15, 0.2) is 0 Å². The Balaban J connectivity index is 2.54. The van der Waals surface area contributed by atoms with E-state index >= 15 is 0 Å². The minimum atomic E-state index is -0.580. The number of aliphatic hydroxyl groups is 1. The highest BCUT2D eigenvalue weighted by Crippen LogP contribution is 2.08. The van der Waals surface area contributed by atoms with Crippen molar-refractivity contribution in [2.24, 2.45) is 0 Å². The van der Waals surface area contributed by atoms with Crippen LogP contribution in [-0.4, -0.2) is 35.7 Å². The first-order valence-corrected chi connectivity index (χ1v) is 4.95. The third kappa shape index (κ3) is 3.86. The summed E-state index contributed by atoms with van der Waals surface area (Å²) in [5, 5.41) is 11.7. The number of likely N-dealkylation sites (N-methyl/N-ethyl adjacent to an activating group) is 1. The summed E-state index contributed by atoms with van der Waals surface area (Å²) < 4.78 is 12.6. The predicted octanol–water partition coefficient (Wildman–Crippen LogP) is 1.67. The molecule has 0 bridgehead atoms. The molecule has 0 spiro atoms. The molecule has 2 amide bonds. The van der Waals surface area contributed by atoms with Crippen molar-refractivity contribution in [2.45, 2.75) is 13.0 Å². The van der Waals surface area contributed by atoms with Crippen LogP contribution in [0.1, 0.15) is 6.92 Å². The van der Waals surface area contributed by atoms with E-state index in [-0.39, 0.29) is 18.4 Å². The highest BCUT2D eigenvalue weighted by molar-refractivity contribution is 5.89. The van der Waals surface area contributed by atoms with Crippen LogP contribution in [0.5, 0.6) is 0 Å². The molecule has 0 aliphatic heterocycles. The molecule has 0 heterocycles. The van der Waals surface area contributed by atoms with E-state index in [1.54, 1.807) is 14.0 Å². The first-order valence-electron chi connectivity index (χ1n) is 4.95. The summed E-state index contributed by atoms with van der Waals surface area (Å²) in [6, 6.07) is 5.15. The van der Waals surface area contributed by atoms with E-state index in [0.29, 0.717) is 5.69 Å². The van der Waals surface area contributed by atoms with Gasteiger partial charge in [-0.1, -0.05) is 0 Å². The van der Waals surface area contributed by atoms with Crippen molar-refractivity contribution < 1.29 is 14.3 Å². The molecule has 16 heavy (non-hydrogen) atoms. The van der Waals surface area contributed by atoms with Crippen LogP contribution in [-0.2, 0) is 0 Å². The highest BCUT2D eigenvalue weighted by Gasteiger charge is 2.10. The van der Waals surface area contributed by atoms with E-state index in [9.17, 15) is 9.18 Å². The standard InChI is InChI=1S/C11H15FN2O2/c1-8(15)7-14(2)11(16)13-10-5-3-9(12)4-6-10/h3-6,8,15H,7H2,1-2H3,(H,13,16)/t8-/m1/s1. The SMILES string of the molecule is C[C@@H](O)CN(C)C(=O)Nc1ccc(F)cc1. The second-order valence-corrected chi connectivity index (χ2v) is 3.67. The minimum Gasteiger partial charge on any atom is -0.392 e. The Morgan fingerprint density at radius 1 is 1.50 bits per heavy atom. The minimum absolute atomic E-state index is 0.243. The molecular weight excluding hydrogens is 211 g/mol. The number of hydrogen-bond acceptors (Lipinski definition) is 2. The van der Waals surface area contributed by atoms with Crippen LogP contribution in [0, 0.1) is 5.82 Å². The van der Waals surface area contributed by atoms with Crippen molar-refractivity contribution in [2.75, 3.05) is 18.9 Å². The summed E-state index contributed by atoms with van der Waals surface area (Å²) in [4.78, 5) is 12.9. The molecule has 1 atom stereocenters. The lowest BCUT2D eigenvalue weighted by molar-refractivity contribution is 0.149. The van der Waals surface area contributed by atoms with Crippen LogP contribution >= 0.6 is 0 Å². The number of hydrogen-bond donors (Lipinski definition) is 2. The Morgan fingerprint density at radius 3 is 2.56 bits per heavy atom. The lowest BCUT2D eigenvalue weighted by atomic mass is 10.3. The van der Waals surface area contributed by atoms with Gasteiger partial charge >= 0.3 is 6.03 Å². The zero-order chi connectivity index (χ0) is 12.1. The molecule has 0 radical (unpaired) electrons. The average molecular weight is 226 g/mol. The third-order valence-electron chi connectivity index (χ3n) is 1.98. The summed E-state index contributed by atoms with van der Waals surface area (Å²) in [5.74, 6) is -0.352. The first-order chi connectivity index (χ1) is 7.49. The van der Waals surface area contributed by atoms with E-state index in [1.165, 1.54) is 29.2 Å². The first kappa shape index (κ1) is 12.4. The number of amides is 2. The van der Waals surface area contributed by atoms with Gasteiger partial charge in [0.05, 0.1) is 6.10 Å². The van der Waals surface area contributed by atoms with E-state index < -0.39 is 6.10 Å². The Bertz CT molecular complexity index is 352. The fourth-order valence-corrected chi connectivity index (χ4v) is 1.23. The molecule has 0 unspecified atom stereocenters. The molecule has 0 saturated heterocycles. The van der Waals surface area contributed by atoms with Gasteiger partial charge in [0.1, 0.15) is 5.82 Å². The number of halogens is 1. The number of anilines is 1. The number of aliphatic hydroxyl groups excluding tert-OH is 1. The fourth-order valence-electron chi connectivity index (χ4n) is 1.23. The van der Waals surface area contributed by atoms with Crippen molar-refractivity contribution in [3.05, 3.63) is 30.1 Å². The van der Waals surface area contributed by atoms with Crippen molar-refractivity contribution in [1.82, 2.24) is 4.90 Å². The number of nitrogens with one attached hydrogen (secondary N) is 1. The van der Waals surface area contributed by atoms with E-state index in [0.717, 1.165) is 0 Å². The summed E-state index contributed by atoms with van der Waals surface area (Å²) >= 11 is 0. The second-order valence-electron chi connectivity index (χ2n) is 3.67. The molecule has 88 valence electrons. The summed E-state index contributed by atoms with van der Waals surface area (Å²) in [6.07, 6.45) is -0.580. The van der Waals surface area contributed by atoms with Crippen LogP contribution in [0.3, 0.4) is 0 Å². The molecule has 0 fully saturated rings. The zero-order valence-corrected chi connectivity index (χ0v) is 9.27. The molecule has 2 N–H and O–H groups in total. The summed E-state index contributed by atoms with van der Waals surface area (Å²) in [7, 11) is 1.57. The van der Waals surface area contributed by atoms with E-state index in [1.807, 2.05) is 0 Å². The van der Waals surface area contributed by atoms with Gasteiger partial charge in [0, 0.05) is 19.3 Å². The van der Waals surface area contributed by atoms with Gasteiger partial charge in [0.2, 0.25) is 0 Å². The number of rotatable bonds is 3. The normalized spacial score (nSPS) is 12.0. The maximum atomic E-state index is 12.6. The molecule has 1 rings (SSSR count). The molecule has 1 aromatic carbocycles. The lowest BCUT2D eigenvalue weighted by Crippen LogP contribution is -2.36. The van der Waals surface area contributed by atoms with Gasteiger partial charge in [-0.3, -0.25) is 0 Å². The van der Waals surface area contributed by atoms with Crippen molar-refractivity contribution in [3.8, 4) is 0 Å². The zero-order valence-electron chi connectivity index (χ0n) is 9.27. The molecule has 5 heteroatoms. The number of carbonyl (C=O) groups is 1. The monoisotopic (exact) mass is 226 g/mol. The van der Waals surface area contributed by atoms with Crippen molar-refractivity contribution in [1.29, 1.82) is 0 Å². The molecule has 0 aliphatic rings. The molecule has 0 aliphatic carbocycles. The van der Waals surface area contributed by atoms with Gasteiger partial charge < -0.3 is 15.3 Å². The molecule has 1 aromatic rings. The highest BCUT2D eigenvalue weighted by atomic mass is 19.1. The number of carbonyl (C=O) groups excluding carboxylic acids is 1. The Morgan fingerprint density at radius 2 is 2.06 bits per heavy atom. The Labute approximate surface area is 93.7 Å². The number of urea groups is 1. The van der Waals surface area contributed by atoms with Crippen LogP contribution < -0.4 is 5.32 Å². The van der Waals surface area contributed by atoms with E-state index in [4.69, 9.17) is 5.11 Å². The lowest BCUT2D eigenvalue weighted by Gasteiger charge is -2.19. The van der Waals surface area contributed by atoms with Gasteiger partial charge in [-0.05, 0) is 31.2 Å². The molecule has 0 saturated carbocycles. The molecule has 4 nitrogen and oxygen atoms in total. The van der Waals surface area contributed by atoms with Gasteiger partial charge in [-0.15, -0.1) is 0 Å². The maximum absolute atomic E-state index is 12.6. The summed E-state index contributed by atoms with van der Waals surface area (Å²) in [6.45, 7) is 1.84. The maximum Gasteiger partial charge on any atom is 0.321 e. The molecule has 0 aromatic heterocycles. The van der Waals surface area contributed by atoms with E-state index in [2.05, 4.69) is 5.32 Å². The predicted molar refractivity (Wildman–Crippen MR) is 59.7 cm³/mol. The van der Waals surface area contributed by atoms with Crippen LogP contribution in [0.2, 0.25) is 0 Å². The second kappa shape index (κ2) is 5.46. The topological polar surface area (TPSA) is 52.6 Å².